The summed E-state index contributed by atoms with van der Waals surface area (Å²) in [5.74, 6) is -2.97. The number of piperidine rings is 1. The van der Waals surface area contributed by atoms with Crippen molar-refractivity contribution >= 4 is 22.5 Å². The fourth-order valence-corrected chi connectivity index (χ4v) is 4.15. The molecule has 0 unspecified atom stereocenters. The van der Waals surface area contributed by atoms with Crippen molar-refractivity contribution in [2.75, 3.05) is 13.1 Å². The van der Waals surface area contributed by atoms with E-state index in [-0.39, 0.29) is 30.6 Å². The molecule has 4 aromatic rings. The van der Waals surface area contributed by atoms with Crippen LogP contribution in [-0.2, 0) is 13.1 Å². The second-order valence-corrected chi connectivity index (χ2v) is 8.44. The Bertz CT molecular complexity index is 1380. The summed E-state index contributed by atoms with van der Waals surface area (Å²) in [6, 6.07) is 14.2. The molecule has 33 heavy (non-hydrogen) atoms. The number of carbonyl (C=O) groups is 1. The standard InChI is InChI=1S/C24H23F2N5O2/c25-24(26)6-9-30(10-7-24)15-18-12-17-5-4-16(11-19(17)28-18)14-27-23(33)20-13-22(32)31-8-2-1-3-21(31)29-20/h1-5,8,11-13,28H,6-7,9-10,14-15H2,(H,27,33). The average molecular weight is 451 g/mol. The summed E-state index contributed by atoms with van der Waals surface area (Å²) in [5.41, 5.74) is 2.94. The maximum absolute atomic E-state index is 13.4. The lowest BCUT2D eigenvalue weighted by atomic mass is 10.1. The predicted octanol–water partition coefficient (Wildman–Crippen LogP) is 3.34. The lowest BCUT2D eigenvalue weighted by molar-refractivity contribution is -0.0568. The van der Waals surface area contributed by atoms with Crippen LogP contribution in [-0.4, -0.2) is 44.2 Å². The van der Waals surface area contributed by atoms with Gasteiger partial charge in [-0.15, -0.1) is 0 Å². The van der Waals surface area contributed by atoms with E-state index in [1.54, 1.807) is 24.4 Å². The van der Waals surface area contributed by atoms with Crippen LogP contribution in [0.15, 0.2) is 59.5 Å². The van der Waals surface area contributed by atoms with E-state index in [1.165, 1.54) is 10.5 Å². The summed E-state index contributed by atoms with van der Waals surface area (Å²) in [6.45, 7) is 1.64. The minimum Gasteiger partial charge on any atom is -0.357 e. The Kier molecular flexibility index (Phi) is 5.41. The van der Waals surface area contributed by atoms with Gasteiger partial charge < -0.3 is 10.3 Å². The second-order valence-electron chi connectivity index (χ2n) is 8.44. The zero-order valence-electron chi connectivity index (χ0n) is 17.9. The van der Waals surface area contributed by atoms with Crippen LogP contribution in [0.1, 0.15) is 34.6 Å². The maximum atomic E-state index is 13.4. The molecule has 1 fully saturated rings. The summed E-state index contributed by atoms with van der Waals surface area (Å²) in [6.07, 6.45) is 1.40. The highest BCUT2D eigenvalue weighted by molar-refractivity contribution is 5.92. The molecule has 1 aromatic carbocycles. The van der Waals surface area contributed by atoms with E-state index < -0.39 is 11.8 Å². The average Bonchev–Trinajstić information content (AvgIpc) is 3.20. The van der Waals surface area contributed by atoms with Crippen molar-refractivity contribution in [2.45, 2.75) is 31.9 Å². The zero-order valence-corrected chi connectivity index (χ0v) is 17.9. The van der Waals surface area contributed by atoms with Gasteiger partial charge in [0.2, 0.25) is 0 Å². The van der Waals surface area contributed by atoms with Gasteiger partial charge >= 0.3 is 0 Å². The van der Waals surface area contributed by atoms with Crippen molar-refractivity contribution in [3.8, 4) is 0 Å². The lowest BCUT2D eigenvalue weighted by Gasteiger charge is -2.31. The molecule has 7 nitrogen and oxygen atoms in total. The Labute approximate surface area is 188 Å². The highest BCUT2D eigenvalue weighted by Crippen LogP contribution is 2.28. The number of fused-ring (bicyclic) bond motifs is 2. The molecule has 2 N–H and O–H groups in total. The van der Waals surface area contributed by atoms with Crippen molar-refractivity contribution in [3.63, 3.8) is 0 Å². The molecule has 3 aromatic heterocycles. The third-order valence-electron chi connectivity index (χ3n) is 5.98. The van der Waals surface area contributed by atoms with Crippen LogP contribution in [0.25, 0.3) is 16.6 Å². The molecule has 0 aliphatic carbocycles. The molecular weight excluding hydrogens is 428 g/mol. The van der Waals surface area contributed by atoms with Crippen molar-refractivity contribution in [1.82, 2.24) is 24.6 Å². The Balaban J connectivity index is 1.25. The lowest BCUT2D eigenvalue weighted by Crippen LogP contribution is -2.38. The number of aromatic nitrogens is 3. The van der Waals surface area contributed by atoms with Crippen LogP contribution in [0.4, 0.5) is 8.78 Å². The van der Waals surface area contributed by atoms with E-state index in [9.17, 15) is 18.4 Å². The Morgan fingerprint density at radius 2 is 1.94 bits per heavy atom. The Morgan fingerprint density at radius 1 is 1.12 bits per heavy atom. The topological polar surface area (TPSA) is 82.5 Å². The first kappa shape index (κ1) is 21.3. The number of hydrogen-bond donors (Lipinski definition) is 2. The fraction of sp³-hybridized carbons (Fsp3) is 0.292. The summed E-state index contributed by atoms with van der Waals surface area (Å²) in [4.78, 5) is 34.4. The van der Waals surface area contributed by atoms with Gasteiger partial charge in [0.1, 0.15) is 11.3 Å². The molecule has 9 heteroatoms. The molecule has 0 bridgehead atoms. The Morgan fingerprint density at radius 3 is 2.76 bits per heavy atom. The van der Waals surface area contributed by atoms with Gasteiger partial charge in [0.05, 0.1) is 0 Å². The van der Waals surface area contributed by atoms with Gasteiger partial charge in [0, 0.05) is 62.5 Å². The molecule has 0 atom stereocenters. The fourth-order valence-electron chi connectivity index (χ4n) is 4.15. The SMILES string of the molecule is O=C(NCc1ccc2cc(CN3CCC(F)(F)CC3)[nH]c2c1)c1cc(=O)n2ccccc2n1. The maximum Gasteiger partial charge on any atom is 0.270 e. The van der Waals surface area contributed by atoms with E-state index in [1.807, 2.05) is 29.2 Å². The Hall–Kier alpha value is -3.59. The number of halogens is 2. The van der Waals surface area contributed by atoms with Crippen LogP contribution in [0, 0.1) is 0 Å². The number of pyridine rings is 1. The number of carbonyl (C=O) groups excluding carboxylic acids is 1. The zero-order chi connectivity index (χ0) is 23.0. The molecule has 1 aliphatic rings. The van der Waals surface area contributed by atoms with Crippen LogP contribution in [0.3, 0.4) is 0 Å². The highest BCUT2D eigenvalue weighted by Gasteiger charge is 2.33. The van der Waals surface area contributed by atoms with Crippen molar-refractivity contribution in [1.29, 1.82) is 0 Å². The van der Waals surface area contributed by atoms with Gasteiger partial charge in [0.15, 0.2) is 0 Å². The van der Waals surface area contributed by atoms with Gasteiger partial charge in [-0.2, -0.15) is 0 Å². The molecule has 1 saturated heterocycles. The van der Waals surface area contributed by atoms with Gasteiger partial charge in [0.25, 0.3) is 17.4 Å². The molecule has 0 radical (unpaired) electrons. The van der Waals surface area contributed by atoms with Gasteiger partial charge in [-0.05, 0) is 35.2 Å². The number of hydrogen-bond acceptors (Lipinski definition) is 4. The van der Waals surface area contributed by atoms with E-state index in [2.05, 4.69) is 15.3 Å². The molecule has 170 valence electrons. The number of alkyl halides is 2. The van der Waals surface area contributed by atoms with Crippen molar-refractivity contribution in [2.24, 2.45) is 0 Å². The number of nitrogens with zero attached hydrogens (tertiary/aromatic N) is 3. The van der Waals surface area contributed by atoms with Crippen LogP contribution < -0.4 is 10.9 Å². The van der Waals surface area contributed by atoms with Gasteiger partial charge in [-0.1, -0.05) is 18.2 Å². The van der Waals surface area contributed by atoms with E-state index in [0.29, 0.717) is 25.3 Å². The van der Waals surface area contributed by atoms with Crippen molar-refractivity contribution < 1.29 is 13.6 Å². The highest BCUT2D eigenvalue weighted by atomic mass is 19.3. The number of rotatable bonds is 5. The molecule has 0 saturated carbocycles. The first-order valence-corrected chi connectivity index (χ1v) is 10.8. The summed E-state index contributed by atoms with van der Waals surface area (Å²) in [7, 11) is 0. The van der Waals surface area contributed by atoms with Crippen LogP contribution >= 0.6 is 0 Å². The summed E-state index contributed by atoms with van der Waals surface area (Å²) >= 11 is 0. The number of aromatic amines is 1. The molecule has 4 heterocycles. The predicted molar refractivity (Wildman–Crippen MR) is 120 cm³/mol. The largest absolute Gasteiger partial charge is 0.357 e. The van der Waals surface area contributed by atoms with E-state index in [4.69, 9.17) is 0 Å². The minimum atomic E-state index is -2.55. The van der Waals surface area contributed by atoms with Gasteiger partial charge in [-0.3, -0.25) is 18.9 Å². The third kappa shape index (κ3) is 4.63. The third-order valence-corrected chi connectivity index (χ3v) is 5.98. The first-order valence-electron chi connectivity index (χ1n) is 10.8. The number of nitrogens with one attached hydrogen (secondary N) is 2. The van der Waals surface area contributed by atoms with E-state index in [0.717, 1.165) is 22.2 Å². The molecular formula is C24H23F2N5O2. The molecule has 1 aliphatic heterocycles. The number of amides is 1. The molecule has 5 rings (SSSR count). The van der Waals surface area contributed by atoms with Crippen molar-refractivity contribution in [3.05, 3.63) is 82.0 Å². The second kappa shape index (κ2) is 8.40. The molecule has 0 spiro atoms. The number of benzene rings is 1. The first-order chi connectivity index (χ1) is 15.9. The monoisotopic (exact) mass is 451 g/mol. The summed E-state index contributed by atoms with van der Waals surface area (Å²) in [5, 5.41) is 3.83. The van der Waals surface area contributed by atoms with Crippen LogP contribution in [0.2, 0.25) is 0 Å². The normalized spacial score (nSPS) is 16.3. The minimum absolute atomic E-state index is 0.0709. The summed E-state index contributed by atoms with van der Waals surface area (Å²) < 4.78 is 28.1. The number of likely N-dealkylation sites (tertiary alicyclic amines) is 1. The smallest absolute Gasteiger partial charge is 0.270 e. The quantitative estimate of drug-likeness (QED) is 0.488. The van der Waals surface area contributed by atoms with Gasteiger partial charge in [-0.25, -0.2) is 13.8 Å². The molecule has 1 amide bonds. The number of H-pyrrole nitrogens is 1. The van der Waals surface area contributed by atoms with E-state index >= 15 is 0 Å². The van der Waals surface area contributed by atoms with Crippen LogP contribution in [0.5, 0.6) is 0 Å².